The summed E-state index contributed by atoms with van der Waals surface area (Å²) in [6.07, 6.45) is 0.768. The molecule has 2 heterocycles. The van der Waals surface area contributed by atoms with Crippen LogP contribution in [0.5, 0.6) is 0 Å². The SMILES string of the molecule is COC(=O)C(C(=O)OC)[C@H](c1ccc(Br)cc1)C1NCC[C@]12C(c1ccccc1)=Nc1ccccc12. The molecule has 1 fully saturated rings. The van der Waals surface area contributed by atoms with Gasteiger partial charge in [-0.15, -0.1) is 0 Å². The molecule has 2 aliphatic rings. The Kier molecular flexibility index (Phi) is 6.77. The number of fused-ring (bicyclic) bond motifs is 2. The Morgan fingerprint density at radius 1 is 0.944 bits per heavy atom. The number of rotatable bonds is 6. The zero-order valence-corrected chi connectivity index (χ0v) is 21.7. The second-order valence-electron chi connectivity index (χ2n) is 9.10. The molecule has 6 nitrogen and oxygen atoms in total. The van der Waals surface area contributed by atoms with E-state index in [-0.39, 0.29) is 6.04 Å². The first-order valence-corrected chi connectivity index (χ1v) is 12.7. The molecule has 0 bridgehead atoms. The lowest BCUT2D eigenvalue weighted by molar-refractivity contribution is -0.160. The number of carbonyl (C=O) groups is 2. The zero-order valence-electron chi connectivity index (χ0n) is 20.1. The maximum atomic E-state index is 13.2. The fraction of sp³-hybridized carbons (Fsp3) is 0.276. The van der Waals surface area contributed by atoms with E-state index in [2.05, 4.69) is 39.4 Å². The number of nitrogens with one attached hydrogen (secondary N) is 1. The summed E-state index contributed by atoms with van der Waals surface area (Å²) < 4.78 is 11.2. The van der Waals surface area contributed by atoms with Crippen LogP contribution in [0.2, 0.25) is 0 Å². The fourth-order valence-corrected chi connectivity index (χ4v) is 6.14. The highest BCUT2D eigenvalue weighted by molar-refractivity contribution is 9.10. The van der Waals surface area contributed by atoms with Crippen LogP contribution in [0, 0.1) is 5.92 Å². The van der Waals surface area contributed by atoms with Gasteiger partial charge in [-0.05, 0) is 47.9 Å². The third kappa shape index (κ3) is 3.96. The van der Waals surface area contributed by atoms with Gasteiger partial charge in [0, 0.05) is 16.4 Å². The fourth-order valence-electron chi connectivity index (χ4n) is 5.88. The molecule has 5 rings (SSSR count). The monoisotopic (exact) mass is 546 g/mol. The second kappa shape index (κ2) is 9.99. The van der Waals surface area contributed by atoms with E-state index >= 15 is 0 Å². The van der Waals surface area contributed by atoms with Gasteiger partial charge < -0.3 is 14.8 Å². The van der Waals surface area contributed by atoms with E-state index in [4.69, 9.17) is 14.5 Å². The van der Waals surface area contributed by atoms with Gasteiger partial charge in [0.2, 0.25) is 0 Å². The third-order valence-corrected chi connectivity index (χ3v) is 7.91. The minimum atomic E-state index is -1.15. The van der Waals surface area contributed by atoms with Crippen molar-refractivity contribution in [2.75, 3.05) is 20.8 Å². The van der Waals surface area contributed by atoms with Gasteiger partial charge in [0.15, 0.2) is 5.92 Å². The van der Waals surface area contributed by atoms with Crippen molar-refractivity contribution in [3.05, 3.63) is 100 Å². The summed E-state index contributed by atoms with van der Waals surface area (Å²) in [7, 11) is 2.60. The summed E-state index contributed by atoms with van der Waals surface area (Å²) in [4.78, 5) is 31.4. The van der Waals surface area contributed by atoms with Crippen molar-refractivity contribution in [2.45, 2.75) is 23.8 Å². The first-order valence-electron chi connectivity index (χ1n) is 11.9. The van der Waals surface area contributed by atoms with Crippen molar-refractivity contribution in [1.29, 1.82) is 0 Å². The number of hydrogen-bond donors (Lipinski definition) is 1. The Hall–Kier alpha value is -3.29. The quantitative estimate of drug-likeness (QED) is 0.350. The van der Waals surface area contributed by atoms with E-state index in [0.29, 0.717) is 6.54 Å². The molecule has 36 heavy (non-hydrogen) atoms. The molecule has 1 spiro atoms. The van der Waals surface area contributed by atoms with Crippen LogP contribution in [-0.2, 0) is 24.5 Å². The van der Waals surface area contributed by atoms with E-state index in [9.17, 15) is 9.59 Å². The minimum Gasteiger partial charge on any atom is -0.468 e. The number of methoxy groups -OCH3 is 2. The molecule has 2 aliphatic heterocycles. The number of hydrogen-bond acceptors (Lipinski definition) is 6. The lowest BCUT2D eigenvalue weighted by Crippen LogP contribution is -2.52. The maximum absolute atomic E-state index is 13.2. The van der Waals surface area contributed by atoms with E-state index in [0.717, 1.165) is 39.0 Å². The minimum absolute atomic E-state index is 0.329. The van der Waals surface area contributed by atoms with Crippen LogP contribution in [0.1, 0.15) is 29.0 Å². The number of esters is 2. The molecule has 3 aromatic carbocycles. The Morgan fingerprint density at radius 2 is 1.58 bits per heavy atom. The smallest absolute Gasteiger partial charge is 0.320 e. The largest absolute Gasteiger partial charge is 0.468 e. The van der Waals surface area contributed by atoms with Gasteiger partial charge >= 0.3 is 11.9 Å². The van der Waals surface area contributed by atoms with Crippen LogP contribution >= 0.6 is 15.9 Å². The molecular weight excluding hydrogens is 520 g/mol. The Bertz CT molecular complexity index is 1290. The topological polar surface area (TPSA) is 77.0 Å². The Labute approximate surface area is 218 Å². The second-order valence-corrected chi connectivity index (χ2v) is 10.0. The summed E-state index contributed by atoms with van der Waals surface area (Å²) in [5.74, 6) is -2.97. The van der Waals surface area contributed by atoms with Crippen LogP contribution in [-0.4, -0.2) is 44.5 Å². The summed E-state index contributed by atoms with van der Waals surface area (Å²) >= 11 is 3.50. The molecule has 3 aromatic rings. The molecule has 1 N–H and O–H groups in total. The molecule has 0 aromatic heterocycles. The van der Waals surface area contributed by atoms with Crippen LogP contribution in [0.15, 0.2) is 88.3 Å². The third-order valence-electron chi connectivity index (χ3n) is 7.38. The van der Waals surface area contributed by atoms with Gasteiger partial charge in [0.25, 0.3) is 0 Å². The van der Waals surface area contributed by atoms with Gasteiger partial charge in [0.1, 0.15) is 0 Å². The van der Waals surface area contributed by atoms with Crippen LogP contribution in [0.25, 0.3) is 0 Å². The number of nitrogens with zero attached hydrogens (tertiary/aromatic N) is 1. The van der Waals surface area contributed by atoms with Crippen molar-refractivity contribution in [1.82, 2.24) is 5.32 Å². The molecule has 0 aliphatic carbocycles. The highest BCUT2D eigenvalue weighted by Gasteiger charge is 2.58. The standard InChI is InChI=1S/C29H27BrN2O4/c1-35-27(33)24(28(34)36-2)23(18-12-14-20(30)15-13-18)26-29(16-17-31-26)21-10-6-7-11-22(21)32-25(29)19-8-4-3-5-9-19/h3-15,23-24,26,31H,16-17H2,1-2H3/t23-,26?,29-/m0/s1. The molecule has 1 saturated heterocycles. The molecular formula is C29H27BrN2O4. The first-order chi connectivity index (χ1) is 17.5. The number of para-hydroxylation sites is 1. The van der Waals surface area contributed by atoms with Gasteiger partial charge in [-0.3, -0.25) is 14.6 Å². The van der Waals surface area contributed by atoms with E-state index in [1.807, 2.05) is 60.7 Å². The summed E-state index contributed by atoms with van der Waals surface area (Å²) in [6.45, 7) is 0.701. The average molecular weight is 547 g/mol. The molecule has 0 amide bonds. The van der Waals surface area contributed by atoms with Crippen molar-refractivity contribution in [3.8, 4) is 0 Å². The van der Waals surface area contributed by atoms with Crippen molar-refractivity contribution < 1.29 is 19.1 Å². The van der Waals surface area contributed by atoms with E-state index in [1.165, 1.54) is 14.2 Å². The van der Waals surface area contributed by atoms with Gasteiger partial charge in [0.05, 0.1) is 31.0 Å². The van der Waals surface area contributed by atoms with E-state index in [1.54, 1.807) is 0 Å². The number of aliphatic imine (C=N–C) groups is 1. The lowest BCUT2D eigenvalue weighted by atomic mass is 9.63. The normalized spacial score (nSPS) is 21.2. The lowest BCUT2D eigenvalue weighted by Gasteiger charge is -2.40. The molecule has 1 unspecified atom stereocenters. The molecule has 0 saturated carbocycles. The number of halogens is 1. The molecule has 7 heteroatoms. The van der Waals surface area contributed by atoms with Crippen molar-refractivity contribution >= 4 is 39.3 Å². The highest BCUT2D eigenvalue weighted by Crippen LogP contribution is 2.53. The first kappa shape index (κ1) is 24.4. The summed E-state index contributed by atoms with van der Waals surface area (Å²) in [6, 6.07) is 25.7. The number of ether oxygens (including phenoxy) is 2. The summed E-state index contributed by atoms with van der Waals surface area (Å²) in [5.41, 5.74) is 4.24. The Balaban J connectivity index is 1.75. The predicted octanol–water partition coefficient (Wildman–Crippen LogP) is 4.93. The number of carbonyl (C=O) groups excluding carboxylic acids is 2. The van der Waals surface area contributed by atoms with Crippen LogP contribution in [0.3, 0.4) is 0 Å². The molecule has 184 valence electrons. The van der Waals surface area contributed by atoms with Crippen LogP contribution < -0.4 is 5.32 Å². The molecule has 0 radical (unpaired) electrons. The summed E-state index contributed by atoms with van der Waals surface area (Å²) in [5, 5.41) is 3.67. The number of benzene rings is 3. The molecule has 3 atom stereocenters. The van der Waals surface area contributed by atoms with Crippen LogP contribution in [0.4, 0.5) is 5.69 Å². The maximum Gasteiger partial charge on any atom is 0.320 e. The predicted molar refractivity (Wildman–Crippen MR) is 142 cm³/mol. The zero-order chi connectivity index (χ0) is 25.3. The Morgan fingerprint density at radius 3 is 2.25 bits per heavy atom. The van der Waals surface area contributed by atoms with Gasteiger partial charge in [-0.2, -0.15) is 0 Å². The van der Waals surface area contributed by atoms with Gasteiger partial charge in [-0.25, -0.2) is 0 Å². The van der Waals surface area contributed by atoms with Crippen molar-refractivity contribution in [2.24, 2.45) is 10.9 Å². The van der Waals surface area contributed by atoms with E-state index < -0.39 is 29.2 Å². The van der Waals surface area contributed by atoms with Gasteiger partial charge in [-0.1, -0.05) is 76.6 Å². The highest BCUT2D eigenvalue weighted by atomic mass is 79.9. The van der Waals surface area contributed by atoms with Crippen molar-refractivity contribution in [3.63, 3.8) is 0 Å². The average Bonchev–Trinajstić information content (AvgIpc) is 3.50.